The molecular weight excluding hydrogens is 526 g/mol. The number of hydrogen-bond acceptors (Lipinski definition) is 3. The van der Waals surface area contributed by atoms with E-state index in [4.69, 9.17) is 4.74 Å². The summed E-state index contributed by atoms with van der Waals surface area (Å²) in [7, 11) is 1.61. The number of rotatable bonds is 8. The van der Waals surface area contributed by atoms with Crippen molar-refractivity contribution in [2.75, 3.05) is 12.0 Å². The monoisotopic (exact) mass is 559 g/mol. The molecule has 210 valence electrons. The number of para-hydroxylation sites is 2. The molecule has 3 nitrogen and oxygen atoms in total. The van der Waals surface area contributed by atoms with Crippen LogP contribution in [0.15, 0.2) is 151 Å². The van der Waals surface area contributed by atoms with Crippen LogP contribution in [0.4, 0.5) is 17.1 Å². The average molecular weight is 560 g/mol. The van der Waals surface area contributed by atoms with Gasteiger partial charge < -0.3 is 9.64 Å². The highest BCUT2D eigenvalue weighted by molar-refractivity contribution is 6.24. The van der Waals surface area contributed by atoms with Gasteiger partial charge in [-0.15, -0.1) is 0 Å². The average Bonchev–Trinajstić information content (AvgIpc) is 3.06. The molecule has 0 N–H and O–H groups in total. The Bertz CT molecular complexity index is 1860. The zero-order valence-electron chi connectivity index (χ0n) is 24.6. The van der Waals surface area contributed by atoms with Crippen molar-refractivity contribution in [1.29, 1.82) is 0 Å². The van der Waals surface area contributed by atoms with Gasteiger partial charge in [0.2, 0.25) is 0 Å². The molecule has 0 spiro atoms. The van der Waals surface area contributed by atoms with Crippen molar-refractivity contribution >= 4 is 39.2 Å². The van der Waals surface area contributed by atoms with E-state index in [0.29, 0.717) is 11.3 Å². The first-order valence-electron chi connectivity index (χ1n) is 14.5. The molecule has 0 amide bonds. The lowest BCUT2D eigenvalue weighted by atomic mass is 9.92. The molecule has 0 radical (unpaired) electrons. The lowest BCUT2D eigenvalue weighted by Crippen LogP contribution is -2.13. The SMILES string of the molecule is CO/C(C)=C(\C(C)=O)c1ccc(N(c2ccccc2-c2ccccc2)c2ccccc2-c2ccccc2)c2ccccc12. The first-order valence-corrected chi connectivity index (χ1v) is 14.5. The molecule has 43 heavy (non-hydrogen) atoms. The third-order valence-electron chi connectivity index (χ3n) is 7.88. The van der Waals surface area contributed by atoms with Crippen LogP contribution in [0.25, 0.3) is 38.6 Å². The number of allylic oxidation sites excluding steroid dienone is 2. The summed E-state index contributed by atoms with van der Waals surface area (Å²) < 4.78 is 5.57. The number of ether oxygens (including phenoxy) is 1. The van der Waals surface area contributed by atoms with Gasteiger partial charge in [0, 0.05) is 16.5 Å². The topological polar surface area (TPSA) is 29.5 Å². The largest absolute Gasteiger partial charge is 0.501 e. The van der Waals surface area contributed by atoms with E-state index in [-0.39, 0.29) is 5.78 Å². The van der Waals surface area contributed by atoms with Crippen LogP contribution in [0.5, 0.6) is 0 Å². The summed E-state index contributed by atoms with van der Waals surface area (Å²) in [6.45, 7) is 3.44. The fourth-order valence-corrected chi connectivity index (χ4v) is 5.88. The van der Waals surface area contributed by atoms with Crippen molar-refractivity contribution in [3.05, 3.63) is 157 Å². The molecular formula is C40H33NO2. The lowest BCUT2D eigenvalue weighted by molar-refractivity contribution is -0.111. The number of fused-ring (bicyclic) bond motifs is 1. The fraction of sp³-hybridized carbons (Fsp3) is 0.0750. The Labute approximate surface area is 253 Å². The summed E-state index contributed by atoms with van der Waals surface area (Å²) in [4.78, 5) is 15.3. The number of methoxy groups -OCH3 is 1. The van der Waals surface area contributed by atoms with E-state index < -0.39 is 0 Å². The predicted molar refractivity (Wildman–Crippen MR) is 180 cm³/mol. The Morgan fingerprint density at radius 2 is 0.977 bits per heavy atom. The van der Waals surface area contributed by atoms with Crippen molar-refractivity contribution in [2.24, 2.45) is 0 Å². The van der Waals surface area contributed by atoms with E-state index in [0.717, 1.165) is 55.7 Å². The van der Waals surface area contributed by atoms with E-state index in [1.54, 1.807) is 14.0 Å². The number of hydrogen-bond donors (Lipinski definition) is 0. The van der Waals surface area contributed by atoms with Gasteiger partial charge >= 0.3 is 0 Å². The molecule has 0 aliphatic heterocycles. The molecule has 0 unspecified atom stereocenters. The first kappa shape index (κ1) is 27.7. The smallest absolute Gasteiger partial charge is 0.163 e. The fourth-order valence-electron chi connectivity index (χ4n) is 5.88. The van der Waals surface area contributed by atoms with Gasteiger partial charge in [-0.25, -0.2) is 0 Å². The third-order valence-corrected chi connectivity index (χ3v) is 7.88. The maximum absolute atomic E-state index is 12.9. The molecule has 0 saturated carbocycles. The number of ketones is 1. The van der Waals surface area contributed by atoms with E-state index in [2.05, 4.69) is 132 Å². The molecule has 0 atom stereocenters. The van der Waals surface area contributed by atoms with Gasteiger partial charge in [-0.3, -0.25) is 4.79 Å². The number of carbonyl (C=O) groups excluding carboxylic acids is 1. The summed E-state index contributed by atoms with van der Waals surface area (Å²) in [5.41, 5.74) is 9.11. The van der Waals surface area contributed by atoms with Gasteiger partial charge in [-0.2, -0.15) is 0 Å². The molecule has 0 aliphatic carbocycles. The highest BCUT2D eigenvalue weighted by atomic mass is 16.5. The number of nitrogens with zero attached hydrogens (tertiary/aromatic N) is 1. The van der Waals surface area contributed by atoms with Crippen molar-refractivity contribution in [3.8, 4) is 22.3 Å². The van der Waals surface area contributed by atoms with Crippen molar-refractivity contribution < 1.29 is 9.53 Å². The Balaban J connectivity index is 1.70. The summed E-state index contributed by atoms with van der Waals surface area (Å²) >= 11 is 0. The van der Waals surface area contributed by atoms with Crippen LogP contribution in [0.3, 0.4) is 0 Å². The lowest BCUT2D eigenvalue weighted by Gasteiger charge is -2.31. The standard InChI is InChI=1S/C40H33NO2/c1-28(42)40(29(2)43-3)36-26-27-39(35-23-11-10-22-34(35)36)41(37-24-14-12-20-32(37)30-16-6-4-7-17-30)38-25-15-13-21-33(38)31-18-8-5-9-19-31/h4-27H,1-3H3/b40-29+. The van der Waals surface area contributed by atoms with Gasteiger partial charge in [0.1, 0.15) is 5.76 Å². The maximum atomic E-state index is 12.9. The van der Waals surface area contributed by atoms with Crippen LogP contribution in [0.2, 0.25) is 0 Å². The molecule has 0 bridgehead atoms. The second kappa shape index (κ2) is 12.2. The second-order valence-electron chi connectivity index (χ2n) is 10.5. The van der Waals surface area contributed by atoms with Crippen LogP contribution in [-0.4, -0.2) is 12.9 Å². The zero-order valence-corrected chi connectivity index (χ0v) is 24.6. The van der Waals surface area contributed by atoms with Gasteiger partial charge in [0.25, 0.3) is 0 Å². The summed E-state index contributed by atoms with van der Waals surface area (Å²) in [5.74, 6) is 0.573. The number of benzene rings is 6. The van der Waals surface area contributed by atoms with Gasteiger partial charge in [-0.05, 0) is 54.1 Å². The minimum atomic E-state index is -0.0297. The number of anilines is 3. The van der Waals surface area contributed by atoms with Crippen LogP contribution in [-0.2, 0) is 9.53 Å². The summed E-state index contributed by atoms with van der Waals surface area (Å²) in [6.07, 6.45) is 0. The highest BCUT2D eigenvalue weighted by Gasteiger charge is 2.24. The second-order valence-corrected chi connectivity index (χ2v) is 10.5. The first-order chi connectivity index (χ1) is 21.1. The van der Waals surface area contributed by atoms with Crippen LogP contribution in [0, 0.1) is 0 Å². The molecule has 3 heteroatoms. The van der Waals surface area contributed by atoms with Crippen molar-refractivity contribution in [3.63, 3.8) is 0 Å². The number of Topliss-reactive ketones (excluding diaryl/α,β-unsaturated/α-hetero) is 1. The molecule has 0 aromatic heterocycles. The number of carbonyl (C=O) groups is 1. The Morgan fingerprint density at radius 1 is 0.512 bits per heavy atom. The van der Waals surface area contributed by atoms with Crippen LogP contribution < -0.4 is 4.90 Å². The highest BCUT2D eigenvalue weighted by Crippen LogP contribution is 2.47. The molecule has 6 aromatic carbocycles. The Morgan fingerprint density at radius 3 is 1.49 bits per heavy atom. The summed E-state index contributed by atoms with van der Waals surface area (Å²) in [5, 5.41) is 2.02. The third kappa shape index (κ3) is 5.33. The summed E-state index contributed by atoms with van der Waals surface area (Å²) in [6, 6.07) is 50.6. The zero-order chi connectivity index (χ0) is 29.8. The minimum absolute atomic E-state index is 0.0297. The van der Waals surface area contributed by atoms with E-state index in [1.165, 1.54) is 0 Å². The Hall–Kier alpha value is -5.41. The van der Waals surface area contributed by atoms with E-state index in [9.17, 15) is 4.79 Å². The van der Waals surface area contributed by atoms with Gasteiger partial charge in [0.15, 0.2) is 5.78 Å². The maximum Gasteiger partial charge on any atom is 0.163 e. The molecule has 0 heterocycles. The molecule has 0 fully saturated rings. The Kier molecular flexibility index (Phi) is 7.88. The van der Waals surface area contributed by atoms with Gasteiger partial charge in [0.05, 0.1) is 29.7 Å². The quantitative estimate of drug-likeness (QED) is 0.137. The van der Waals surface area contributed by atoms with Crippen LogP contribution in [0.1, 0.15) is 19.4 Å². The predicted octanol–water partition coefficient (Wildman–Crippen LogP) is 10.6. The van der Waals surface area contributed by atoms with Gasteiger partial charge in [-0.1, -0.05) is 127 Å². The molecule has 6 rings (SSSR count). The van der Waals surface area contributed by atoms with Crippen LogP contribution >= 0.6 is 0 Å². The molecule has 0 aliphatic rings. The molecule has 0 saturated heterocycles. The van der Waals surface area contributed by atoms with Crippen molar-refractivity contribution in [2.45, 2.75) is 13.8 Å². The molecule has 6 aromatic rings. The minimum Gasteiger partial charge on any atom is -0.501 e. The normalized spacial score (nSPS) is 11.6. The van der Waals surface area contributed by atoms with E-state index >= 15 is 0 Å². The van der Waals surface area contributed by atoms with Crippen molar-refractivity contribution in [1.82, 2.24) is 0 Å². The van der Waals surface area contributed by atoms with E-state index in [1.807, 2.05) is 25.1 Å².